The van der Waals surface area contributed by atoms with E-state index in [1.54, 1.807) is 0 Å². The molecule has 10 atom stereocenters. The molecule has 11 nitrogen and oxygen atoms in total. The van der Waals surface area contributed by atoms with E-state index < -0.39 is 74.6 Å². The Morgan fingerprint density at radius 3 is 1.87 bits per heavy atom. The molecule has 0 spiro atoms. The summed E-state index contributed by atoms with van der Waals surface area (Å²) in [5.41, 5.74) is 0. The van der Waals surface area contributed by atoms with Gasteiger partial charge < -0.3 is 54.7 Å². The van der Waals surface area contributed by atoms with E-state index in [9.17, 15) is 35.7 Å². The number of hydrogen-bond acceptors (Lipinski definition) is 11. The Hall–Kier alpha value is -0.440. The van der Waals surface area contributed by atoms with Crippen LogP contribution in [0.15, 0.2) is 0 Å². The Balaban J connectivity index is 1.95. The van der Waals surface area contributed by atoms with Crippen LogP contribution >= 0.6 is 0 Å². The molecular formula is C20H38O11. The highest BCUT2D eigenvalue weighted by Gasteiger charge is 2.50. The Kier molecular flexibility index (Phi) is 11.5. The zero-order valence-electron chi connectivity index (χ0n) is 17.9. The van der Waals surface area contributed by atoms with Crippen molar-refractivity contribution in [2.24, 2.45) is 0 Å². The smallest absolute Gasteiger partial charge is 0.187 e. The number of hydrogen-bond donors (Lipinski definition) is 7. The average Bonchev–Trinajstić information content (AvgIpc) is 2.77. The normalized spacial score (nSPS) is 41.4. The molecule has 0 aromatic carbocycles. The molecule has 0 unspecified atom stereocenters. The van der Waals surface area contributed by atoms with Gasteiger partial charge in [-0.2, -0.15) is 0 Å². The van der Waals surface area contributed by atoms with Crippen LogP contribution in [0, 0.1) is 0 Å². The molecule has 2 saturated heterocycles. The van der Waals surface area contributed by atoms with Crippen LogP contribution in [-0.4, -0.2) is 117 Å². The monoisotopic (exact) mass is 454 g/mol. The van der Waals surface area contributed by atoms with Gasteiger partial charge >= 0.3 is 0 Å². The van der Waals surface area contributed by atoms with E-state index >= 15 is 0 Å². The molecule has 2 rings (SSSR count). The highest BCUT2D eigenvalue weighted by Crippen LogP contribution is 2.29. The van der Waals surface area contributed by atoms with Crippen LogP contribution < -0.4 is 0 Å². The van der Waals surface area contributed by atoms with Gasteiger partial charge in [0, 0.05) is 6.61 Å². The van der Waals surface area contributed by atoms with Gasteiger partial charge in [0.05, 0.1) is 13.2 Å². The summed E-state index contributed by atoms with van der Waals surface area (Å²) in [5, 5.41) is 69.8. The van der Waals surface area contributed by atoms with E-state index in [0.717, 1.165) is 32.1 Å². The van der Waals surface area contributed by atoms with Gasteiger partial charge in [-0.15, -0.1) is 0 Å². The molecule has 0 bridgehead atoms. The molecule has 0 aliphatic carbocycles. The highest BCUT2D eigenvalue weighted by molar-refractivity contribution is 4.94. The topological polar surface area (TPSA) is 179 Å². The first kappa shape index (κ1) is 26.8. The van der Waals surface area contributed by atoms with E-state index in [0.29, 0.717) is 6.61 Å². The fourth-order valence-electron chi connectivity index (χ4n) is 3.77. The predicted octanol–water partition coefficient (Wildman–Crippen LogP) is -2.01. The third-order valence-electron chi connectivity index (χ3n) is 5.74. The second-order valence-corrected chi connectivity index (χ2v) is 8.14. The fourth-order valence-corrected chi connectivity index (χ4v) is 3.77. The van der Waals surface area contributed by atoms with Crippen molar-refractivity contribution in [3.05, 3.63) is 0 Å². The average molecular weight is 455 g/mol. The lowest BCUT2D eigenvalue weighted by atomic mass is 9.97. The second-order valence-electron chi connectivity index (χ2n) is 8.14. The van der Waals surface area contributed by atoms with Crippen LogP contribution in [0.3, 0.4) is 0 Å². The molecule has 2 heterocycles. The van der Waals surface area contributed by atoms with Crippen LogP contribution in [0.25, 0.3) is 0 Å². The van der Waals surface area contributed by atoms with Gasteiger partial charge in [-0.3, -0.25) is 0 Å². The van der Waals surface area contributed by atoms with E-state index in [4.69, 9.17) is 18.9 Å². The molecule has 31 heavy (non-hydrogen) atoms. The van der Waals surface area contributed by atoms with Crippen molar-refractivity contribution >= 4 is 0 Å². The van der Waals surface area contributed by atoms with E-state index in [2.05, 4.69) is 6.92 Å². The van der Waals surface area contributed by atoms with Gasteiger partial charge in [0.15, 0.2) is 12.6 Å². The van der Waals surface area contributed by atoms with Crippen LogP contribution in [0.2, 0.25) is 0 Å². The Morgan fingerprint density at radius 1 is 0.645 bits per heavy atom. The maximum Gasteiger partial charge on any atom is 0.187 e. The van der Waals surface area contributed by atoms with Crippen molar-refractivity contribution in [1.82, 2.24) is 0 Å². The fraction of sp³-hybridized carbons (Fsp3) is 1.00. The Bertz CT molecular complexity index is 494. The molecule has 0 amide bonds. The minimum absolute atomic E-state index is 0.300. The molecule has 2 aliphatic rings. The zero-order valence-corrected chi connectivity index (χ0v) is 17.9. The maximum atomic E-state index is 10.6. The maximum absolute atomic E-state index is 10.6. The van der Waals surface area contributed by atoms with E-state index in [-0.39, 0.29) is 0 Å². The quantitative estimate of drug-likeness (QED) is 0.162. The summed E-state index contributed by atoms with van der Waals surface area (Å²) in [6.07, 6.45) is -8.09. The number of aliphatic hydroxyl groups excluding tert-OH is 7. The van der Waals surface area contributed by atoms with E-state index in [1.807, 2.05) is 0 Å². The first-order chi connectivity index (χ1) is 14.8. The van der Waals surface area contributed by atoms with Crippen molar-refractivity contribution in [3.63, 3.8) is 0 Å². The minimum atomic E-state index is -1.70. The predicted molar refractivity (Wildman–Crippen MR) is 106 cm³/mol. The first-order valence-corrected chi connectivity index (χ1v) is 11.1. The van der Waals surface area contributed by atoms with Crippen LogP contribution in [0.5, 0.6) is 0 Å². The second kappa shape index (κ2) is 13.3. The molecule has 184 valence electrons. The summed E-state index contributed by atoms with van der Waals surface area (Å²) in [6.45, 7) is 1.22. The summed E-state index contributed by atoms with van der Waals surface area (Å²) >= 11 is 0. The van der Waals surface area contributed by atoms with Gasteiger partial charge in [-0.1, -0.05) is 39.0 Å². The van der Waals surface area contributed by atoms with Gasteiger partial charge in [0.2, 0.25) is 0 Å². The summed E-state index contributed by atoms with van der Waals surface area (Å²) < 4.78 is 21.9. The summed E-state index contributed by atoms with van der Waals surface area (Å²) in [6, 6.07) is 0. The Morgan fingerprint density at radius 2 is 1.23 bits per heavy atom. The van der Waals surface area contributed by atoms with Crippen LogP contribution in [-0.2, 0) is 18.9 Å². The van der Waals surface area contributed by atoms with Gasteiger partial charge in [0.25, 0.3) is 0 Å². The van der Waals surface area contributed by atoms with Crippen molar-refractivity contribution in [2.75, 3.05) is 19.8 Å². The van der Waals surface area contributed by atoms with Crippen LogP contribution in [0.4, 0.5) is 0 Å². The van der Waals surface area contributed by atoms with Gasteiger partial charge in [-0.25, -0.2) is 0 Å². The van der Waals surface area contributed by atoms with Gasteiger partial charge in [0.1, 0.15) is 48.8 Å². The first-order valence-electron chi connectivity index (χ1n) is 11.1. The SMILES string of the molecule is CCCCCCCCO[C@H]1O[C@H](CO)[C@@H](O)[C@H](O[C@H]2O[C@H](CO)[C@H](O)[C@H](O)[C@H]2O)[C@@H]1O. The number of aliphatic hydroxyl groups is 7. The largest absolute Gasteiger partial charge is 0.394 e. The van der Waals surface area contributed by atoms with Crippen molar-refractivity contribution in [1.29, 1.82) is 0 Å². The lowest BCUT2D eigenvalue weighted by Gasteiger charge is -2.45. The molecule has 0 saturated carbocycles. The molecule has 2 aliphatic heterocycles. The lowest BCUT2D eigenvalue weighted by molar-refractivity contribution is -0.360. The van der Waals surface area contributed by atoms with Gasteiger partial charge in [-0.05, 0) is 6.42 Å². The third kappa shape index (κ3) is 7.02. The summed E-state index contributed by atoms with van der Waals surface area (Å²) in [5.74, 6) is 0. The molecule has 0 aromatic rings. The Labute approximate surface area is 182 Å². The lowest BCUT2D eigenvalue weighted by Crippen LogP contribution is -2.64. The van der Waals surface area contributed by atoms with E-state index in [1.165, 1.54) is 6.42 Å². The molecule has 2 fully saturated rings. The standard InChI is InChI=1S/C20H38O11/c1-2-3-4-5-6-7-8-28-19-17(27)18(14(24)12(10-22)29-19)31-20-16(26)15(25)13(23)11(9-21)30-20/h11-27H,2-10H2,1H3/t11-,12-,13+,14-,15+,16-,17+,18+,19+,20-/m1/s1. The number of rotatable bonds is 12. The molecular weight excluding hydrogens is 416 g/mol. The van der Waals surface area contributed by atoms with Crippen molar-refractivity contribution < 1.29 is 54.7 Å². The zero-order chi connectivity index (χ0) is 23.0. The molecule has 0 aromatic heterocycles. The highest BCUT2D eigenvalue weighted by atomic mass is 16.7. The van der Waals surface area contributed by atoms with Crippen molar-refractivity contribution in [3.8, 4) is 0 Å². The molecule has 11 heteroatoms. The number of ether oxygens (including phenoxy) is 4. The molecule has 7 N–H and O–H groups in total. The van der Waals surface area contributed by atoms with Crippen LogP contribution in [0.1, 0.15) is 45.4 Å². The minimum Gasteiger partial charge on any atom is -0.394 e. The molecule has 0 radical (unpaired) electrons. The third-order valence-corrected chi connectivity index (χ3v) is 5.74. The van der Waals surface area contributed by atoms with Crippen molar-refractivity contribution in [2.45, 2.75) is 107 Å². The summed E-state index contributed by atoms with van der Waals surface area (Å²) in [4.78, 5) is 0. The number of unbranched alkanes of at least 4 members (excludes halogenated alkanes) is 5. The summed E-state index contributed by atoms with van der Waals surface area (Å²) in [7, 11) is 0.